The summed E-state index contributed by atoms with van der Waals surface area (Å²) in [7, 11) is 0. The third-order valence-electron chi connectivity index (χ3n) is 5.38. The van der Waals surface area contributed by atoms with Crippen LogP contribution < -0.4 is 5.32 Å². The van der Waals surface area contributed by atoms with Crippen molar-refractivity contribution in [1.82, 2.24) is 0 Å². The fourth-order valence-corrected chi connectivity index (χ4v) is 5.05. The molecule has 0 spiro atoms. The van der Waals surface area contributed by atoms with Crippen LogP contribution in [0.2, 0.25) is 5.02 Å². The fraction of sp³-hybridized carbons (Fsp3) is 0. The Hall–Kier alpha value is -3.67. The van der Waals surface area contributed by atoms with Crippen LogP contribution in [-0.4, -0.2) is 17.5 Å². The molecule has 5 rings (SSSR count). The predicted octanol–water partition coefficient (Wildman–Crippen LogP) is 6.52. The summed E-state index contributed by atoms with van der Waals surface area (Å²) in [6.07, 6.45) is 0. The van der Waals surface area contributed by atoms with E-state index >= 15 is 0 Å². The number of carbonyl (C=O) groups excluding carboxylic acids is 3. The summed E-state index contributed by atoms with van der Waals surface area (Å²) in [5, 5.41) is 3.37. The Balaban J connectivity index is 1.65. The number of rotatable bonds is 4. The molecule has 4 nitrogen and oxygen atoms in total. The molecule has 0 heterocycles. The van der Waals surface area contributed by atoms with Crippen molar-refractivity contribution in [2.24, 2.45) is 0 Å². The molecule has 0 unspecified atom stereocenters. The minimum atomic E-state index is -0.358. The lowest BCUT2D eigenvalue weighted by atomic mass is 9.83. The summed E-state index contributed by atoms with van der Waals surface area (Å²) < 4.78 is 0. The molecular weight excluding hydrogens is 454 g/mol. The van der Waals surface area contributed by atoms with Gasteiger partial charge in [0.05, 0.1) is 16.3 Å². The van der Waals surface area contributed by atoms with Crippen molar-refractivity contribution in [2.75, 3.05) is 5.32 Å². The van der Waals surface area contributed by atoms with E-state index in [0.29, 0.717) is 32.3 Å². The number of amides is 1. The number of halogens is 1. The van der Waals surface area contributed by atoms with Crippen LogP contribution in [0.5, 0.6) is 0 Å². The van der Waals surface area contributed by atoms with Crippen molar-refractivity contribution in [3.8, 4) is 0 Å². The van der Waals surface area contributed by atoms with Crippen LogP contribution in [0.3, 0.4) is 0 Å². The van der Waals surface area contributed by atoms with Crippen LogP contribution in [0.1, 0.15) is 42.2 Å². The first-order chi connectivity index (χ1) is 16.0. The Morgan fingerprint density at radius 1 is 0.667 bits per heavy atom. The quantitative estimate of drug-likeness (QED) is 0.325. The van der Waals surface area contributed by atoms with Crippen molar-refractivity contribution in [3.05, 3.63) is 124 Å². The molecule has 1 amide bonds. The van der Waals surface area contributed by atoms with E-state index in [2.05, 4.69) is 5.32 Å². The lowest BCUT2D eigenvalue weighted by Gasteiger charge is -2.23. The number of ketones is 2. The van der Waals surface area contributed by atoms with E-state index in [4.69, 9.17) is 11.6 Å². The number of carbonyl (C=O) groups is 3. The fourth-order valence-electron chi connectivity index (χ4n) is 3.81. The molecule has 4 aromatic carbocycles. The van der Waals surface area contributed by atoms with E-state index in [1.807, 2.05) is 24.3 Å². The number of anilines is 1. The summed E-state index contributed by atoms with van der Waals surface area (Å²) in [5.41, 5.74) is 1.90. The van der Waals surface area contributed by atoms with E-state index in [0.717, 1.165) is 4.90 Å². The van der Waals surface area contributed by atoms with Crippen LogP contribution in [0.25, 0.3) is 0 Å². The molecule has 0 aliphatic heterocycles. The first-order valence-electron chi connectivity index (χ1n) is 10.2. The van der Waals surface area contributed by atoms with Crippen LogP contribution in [0, 0.1) is 0 Å². The third kappa shape index (κ3) is 3.86. The molecule has 0 saturated heterocycles. The van der Waals surface area contributed by atoms with Gasteiger partial charge < -0.3 is 5.32 Å². The van der Waals surface area contributed by atoms with Crippen molar-refractivity contribution in [1.29, 1.82) is 0 Å². The van der Waals surface area contributed by atoms with Crippen LogP contribution >= 0.6 is 23.4 Å². The Morgan fingerprint density at radius 2 is 1.27 bits per heavy atom. The van der Waals surface area contributed by atoms with Gasteiger partial charge in [0.15, 0.2) is 11.6 Å². The topological polar surface area (TPSA) is 63.2 Å². The monoisotopic (exact) mass is 469 g/mol. The maximum Gasteiger partial charge on any atom is 0.255 e. The summed E-state index contributed by atoms with van der Waals surface area (Å²) in [6, 6.07) is 26.2. The Morgan fingerprint density at radius 3 is 1.97 bits per heavy atom. The standard InChI is InChI=1S/C27H16ClNO3S/c28-19-12-6-7-13-21(19)33-22-15-14-20(29-27(32)16-8-2-1-3-9-16)23-24(22)26(31)18-11-5-4-10-17(18)25(23)30/h1-15H,(H,29,32). The highest BCUT2D eigenvalue weighted by atomic mass is 35.5. The summed E-state index contributed by atoms with van der Waals surface area (Å²) >= 11 is 7.66. The molecular formula is C27H16ClNO3S. The maximum absolute atomic E-state index is 13.5. The SMILES string of the molecule is O=C(Nc1ccc(Sc2ccccc2Cl)c2c1C(=O)c1ccccc1C2=O)c1ccccc1. The lowest BCUT2D eigenvalue weighted by Crippen LogP contribution is -2.24. The molecule has 0 aromatic heterocycles. The van der Waals surface area contributed by atoms with Crippen LogP contribution in [0.4, 0.5) is 5.69 Å². The van der Waals surface area contributed by atoms with E-state index in [1.165, 1.54) is 11.8 Å². The normalized spacial score (nSPS) is 12.2. The predicted molar refractivity (Wildman–Crippen MR) is 130 cm³/mol. The second kappa shape index (κ2) is 8.70. The molecule has 0 bridgehead atoms. The molecule has 6 heteroatoms. The molecule has 1 N–H and O–H groups in total. The Bertz CT molecular complexity index is 1430. The Labute approximate surface area is 199 Å². The molecule has 0 atom stereocenters. The van der Waals surface area contributed by atoms with Gasteiger partial charge in [0.25, 0.3) is 5.91 Å². The summed E-state index contributed by atoms with van der Waals surface area (Å²) in [6.45, 7) is 0. The highest BCUT2D eigenvalue weighted by Crippen LogP contribution is 2.42. The average molecular weight is 470 g/mol. The van der Waals surface area contributed by atoms with Gasteiger partial charge in [-0.1, -0.05) is 78.0 Å². The van der Waals surface area contributed by atoms with Crippen LogP contribution in [0.15, 0.2) is 101 Å². The highest BCUT2D eigenvalue weighted by Gasteiger charge is 2.34. The Kier molecular flexibility index (Phi) is 5.58. The van der Waals surface area contributed by atoms with Crippen LogP contribution in [-0.2, 0) is 0 Å². The average Bonchev–Trinajstić information content (AvgIpc) is 2.85. The first kappa shape index (κ1) is 21.2. The van der Waals surface area contributed by atoms with Gasteiger partial charge in [-0.15, -0.1) is 0 Å². The highest BCUT2D eigenvalue weighted by molar-refractivity contribution is 7.99. The number of benzene rings is 4. The van der Waals surface area contributed by atoms with Crippen molar-refractivity contribution in [3.63, 3.8) is 0 Å². The minimum Gasteiger partial charge on any atom is -0.321 e. The van der Waals surface area contributed by atoms with Crippen molar-refractivity contribution in [2.45, 2.75) is 9.79 Å². The van der Waals surface area contributed by atoms with E-state index in [1.54, 1.807) is 66.7 Å². The zero-order valence-corrected chi connectivity index (χ0v) is 18.7. The maximum atomic E-state index is 13.5. The minimum absolute atomic E-state index is 0.194. The van der Waals surface area contributed by atoms with Gasteiger partial charge in [-0.2, -0.15) is 0 Å². The summed E-state index contributed by atoms with van der Waals surface area (Å²) in [4.78, 5) is 41.3. The van der Waals surface area contributed by atoms with Gasteiger partial charge >= 0.3 is 0 Å². The second-order valence-electron chi connectivity index (χ2n) is 7.42. The van der Waals surface area contributed by atoms with Gasteiger partial charge in [0, 0.05) is 32.0 Å². The summed E-state index contributed by atoms with van der Waals surface area (Å²) in [5.74, 6) is -0.917. The molecule has 160 valence electrons. The number of hydrogen-bond acceptors (Lipinski definition) is 4. The van der Waals surface area contributed by atoms with Gasteiger partial charge in [-0.3, -0.25) is 14.4 Å². The lowest BCUT2D eigenvalue weighted by molar-refractivity contribution is 0.0976. The molecule has 0 saturated carbocycles. The van der Waals surface area contributed by atoms with Gasteiger partial charge in [0.1, 0.15) is 0 Å². The number of hydrogen-bond donors (Lipinski definition) is 1. The largest absolute Gasteiger partial charge is 0.321 e. The van der Waals surface area contributed by atoms with Gasteiger partial charge in [0.2, 0.25) is 0 Å². The molecule has 1 aliphatic rings. The van der Waals surface area contributed by atoms with Crippen molar-refractivity contribution < 1.29 is 14.4 Å². The number of fused-ring (bicyclic) bond motifs is 2. The first-order valence-corrected chi connectivity index (χ1v) is 11.4. The molecule has 0 fully saturated rings. The molecule has 1 aliphatic carbocycles. The van der Waals surface area contributed by atoms with Gasteiger partial charge in [-0.05, 0) is 36.4 Å². The van der Waals surface area contributed by atoms with E-state index in [-0.39, 0.29) is 28.6 Å². The second-order valence-corrected chi connectivity index (χ2v) is 8.91. The third-order valence-corrected chi connectivity index (χ3v) is 6.96. The smallest absolute Gasteiger partial charge is 0.255 e. The van der Waals surface area contributed by atoms with E-state index in [9.17, 15) is 14.4 Å². The zero-order valence-electron chi connectivity index (χ0n) is 17.2. The molecule has 4 aromatic rings. The zero-order chi connectivity index (χ0) is 22.9. The number of nitrogens with one attached hydrogen (secondary N) is 1. The molecule has 0 radical (unpaired) electrons. The van der Waals surface area contributed by atoms with E-state index < -0.39 is 0 Å². The van der Waals surface area contributed by atoms with Crippen molar-refractivity contribution >= 4 is 46.5 Å². The van der Waals surface area contributed by atoms with Gasteiger partial charge in [-0.25, -0.2) is 0 Å². The molecule has 33 heavy (non-hydrogen) atoms.